The summed E-state index contributed by atoms with van der Waals surface area (Å²) in [6.07, 6.45) is 8.02. The fraction of sp³-hybridized carbons (Fsp3) is 0.429. The van der Waals surface area contributed by atoms with Crippen LogP contribution in [-0.2, 0) is 11.0 Å². The summed E-state index contributed by atoms with van der Waals surface area (Å²) in [6, 6.07) is 2.16. The third-order valence-corrected chi connectivity index (χ3v) is 3.84. The van der Waals surface area contributed by atoms with Crippen LogP contribution in [0.2, 0.25) is 0 Å². The second-order valence-corrected chi connectivity index (χ2v) is 5.38. The van der Waals surface area contributed by atoms with Crippen molar-refractivity contribution >= 4 is 22.6 Å². The van der Waals surface area contributed by atoms with Crippen LogP contribution in [0.25, 0.3) is 11.3 Å². The van der Waals surface area contributed by atoms with Gasteiger partial charge < -0.3 is 10.3 Å². The van der Waals surface area contributed by atoms with Crippen molar-refractivity contribution in [2.24, 2.45) is 5.73 Å². The van der Waals surface area contributed by atoms with Crippen molar-refractivity contribution in [1.82, 2.24) is 14.5 Å². The molecule has 0 unspecified atom stereocenters. The summed E-state index contributed by atoms with van der Waals surface area (Å²) in [5.74, 6) is 0. The number of nitrogens with zero attached hydrogens (tertiary/aromatic N) is 3. The van der Waals surface area contributed by atoms with Gasteiger partial charge in [0.15, 0.2) is 0 Å². The van der Waals surface area contributed by atoms with E-state index in [1.165, 1.54) is 5.56 Å². The molecule has 2 aromatic heterocycles. The molecule has 2 heterocycles. The van der Waals surface area contributed by atoms with Gasteiger partial charge in [-0.25, -0.2) is 4.98 Å². The Hall–Kier alpha value is -0.950. The molecule has 0 spiro atoms. The van der Waals surface area contributed by atoms with E-state index in [4.69, 9.17) is 5.73 Å². The molecule has 0 aliphatic rings. The number of rotatable bonds is 6. The summed E-state index contributed by atoms with van der Waals surface area (Å²) in [5.41, 5.74) is 9.95. The molecule has 19 heavy (non-hydrogen) atoms. The van der Waals surface area contributed by atoms with Gasteiger partial charge in [-0.3, -0.25) is 4.98 Å². The van der Waals surface area contributed by atoms with Crippen LogP contribution in [-0.4, -0.2) is 21.1 Å². The number of alkyl halides is 1. The van der Waals surface area contributed by atoms with Gasteiger partial charge in [0.05, 0.1) is 17.7 Å². The van der Waals surface area contributed by atoms with Crippen LogP contribution >= 0.6 is 22.6 Å². The zero-order valence-corrected chi connectivity index (χ0v) is 13.3. The van der Waals surface area contributed by atoms with Crippen LogP contribution in [0.4, 0.5) is 0 Å². The first-order valence-corrected chi connectivity index (χ1v) is 8.01. The predicted molar refractivity (Wildman–Crippen MR) is 86.2 cm³/mol. The highest BCUT2D eigenvalue weighted by Gasteiger charge is 2.05. The maximum atomic E-state index is 5.50. The topological polar surface area (TPSA) is 56.7 Å². The lowest BCUT2D eigenvalue weighted by Gasteiger charge is -2.03. The maximum Gasteiger partial charge on any atom is 0.0953 e. The van der Waals surface area contributed by atoms with Gasteiger partial charge in [-0.2, -0.15) is 0 Å². The van der Waals surface area contributed by atoms with Crippen LogP contribution < -0.4 is 5.73 Å². The second kappa shape index (κ2) is 7.00. The summed E-state index contributed by atoms with van der Waals surface area (Å²) in [5, 5.41) is 0. The molecule has 0 saturated carbocycles. The molecule has 0 aromatic carbocycles. The Labute approximate surface area is 127 Å². The van der Waals surface area contributed by atoms with Gasteiger partial charge in [0.25, 0.3) is 0 Å². The zero-order chi connectivity index (χ0) is 13.7. The summed E-state index contributed by atoms with van der Waals surface area (Å²) in [4.78, 5) is 8.94. The van der Waals surface area contributed by atoms with Crippen molar-refractivity contribution in [3.63, 3.8) is 0 Å². The van der Waals surface area contributed by atoms with Crippen LogP contribution in [0.3, 0.4) is 0 Å². The van der Waals surface area contributed by atoms with E-state index < -0.39 is 0 Å². The van der Waals surface area contributed by atoms with Crippen molar-refractivity contribution < 1.29 is 0 Å². The quantitative estimate of drug-likeness (QED) is 0.483. The molecular weight excluding hydrogens is 351 g/mol. The van der Waals surface area contributed by atoms with Crippen molar-refractivity contribution in [3.05, 3.63) is 36.0 Å². The van der Waals surface area contributed by atoms with E-state index in [0.29, 0.717) is 0 Å². The standard InChI is InChI=1S/C14H19IN4/c1-11-6-12(8-17-13(11)7-15)14-9-19(10-18-14)5-3-2-4-16/h6,8-10H,2-5,7,16H2,1H3. The minimum Gasteiger partial charge on any atom is -0.337 e. The minimum atomic E-state index is 0.752. The van der Waals surface area contributed by atoms with Crippen molar-refractivity contribution in [2.75, 3.05) is 6.54 Å². The number of aryl methyl sites for hydroxylation is 2. The van der Waals surface area contributed by atoms with Crippen molar-refractivity contribution in [1.29, 1.82) is 0 Å². The van der Waals surface area contributed by atoms with Crippen LogP contribution in [0.5, 0.6) is 0 Å². The molecule has 0 atom stereocenters. The summed E-state index contributed by atoms with van der Waals surface area (Å²) in [7, 11) is 0. The lowest BCUT2D eigenvalue weighted by Crippen LogP contribution is -2.01. The molecule has 0 radical (unpaired) electrons. The van der Waals surface area contributed by atoms with Gasteiger partial charge in [0.1, 0.15) is 0 Å². The molecule has 0 aliphatic carbocycles. The van der Waals surface area contributed by atoms with Gasteiger partial charge in [0, 0.05) is 28.9 Å². The van der Waals surface area contributed by atoms with Crippen LogP contribution in [0.15, 0.2) is 24.8 Å². The molecule has 5 heteroatoms. The van der Waals surface area contributed by atoms with Gasteiger partial charge in [-0.05, 0) is 37.9 Å². The molecular formula is C14H19IN4. The van der Waals surface area contributed by atoms with Gasteiger partial charge in [0.2, 0.25) is 0 Å². The molecule has 2 aromatic rings. The van der Waals surface area contributed by atoms with E-state index in [0.717, 1.165) is 47.3 Å². The first-order valence-electron chi connectivity index (χ1n) is 6.48. The average Bonchev–Trinajstić information content (AvgIpc) is 2.88. The number of halogens is 1. The molecule has 2 rings (SSSR count). The van der Waals surface area contributed by atoms with Gasteiger partial charge in [-0.15, -0.1) is 0 Å². The lowest BCUT2D eigenvalue weighted by molar-refractivity contribution is 0.614. The number of unbranched alkanes of at least 4 members (excludes halogenated alkanes) is 1. The minimum absolute atomic E-state index is 0.752. The number of aromatic nitrogens is 3. The molecule has 2 N–H and O–H groups in total. The number of hydrogen-bond donors (Lipinski definition) is 1. The van der Waals surface area contributed by atoms with Crippen LogP contribution in [0, 0.1) is 6.92 Å². The van der Waals surface area contributed by atoms with Crippen molar-refractivity contribution in [3.8, 4) is 11.3 Å². The number of hydrogen-bond acceptors (Lipinski definition) is 3. The Kier molecular flexibility index (Phi) is 5.33. The summed E-state index contributed by atoms with van der Waals surface area (Å²) in [6.45, 7) is 3.83. The van der Waals surface area contributed by atoms with E-state index in [-0.39, 0.29) is 0 Å². The Morgan fingerprint density at radius 3 is 2.84 bits per heavy atom. The summed E-state index contributed by atoms with van der Waals surface area (Å²) < 4.78 is 3.06. The second-order valence-electron chi connectivity index (χ2n) is 4.61. The first-order chi connectivity index (χ1) is 9.24. The van der Waals surface area contributed by atoms with Crippen molar-refractivity contribution in [2.45, 2.75) is 30.7 Å². The monoisotopic (exact) mass is 370 g/mol. The summed E-state index contributed by atoms with van der Waals surface area (Å²) >= 11 is 2.34. The highest BCUT2D eigenvalue weighted by atomic mass is 127. The Morgan fingerprint density at radius 1 is 1.32 bits per heavy atom. The number of pyridine rings is 1. The fourth-order valence-electron chi connectivity index (χ4n) is 1.95. The first kappa shape index (κ1) is 14.5. The van der Waals surface area contributed by atoms with E-state index in [2.05, 4.69) is 56.3 Å². The highest BCUT2D eigenvalue weighted by molar-refractivity contribution is 14.1. The average molecular weight is 370 g/mol. The maximum absolute atomic E-state index is 5.50. The predicted octanol–water partition coefficient (Wildman–Crippen LogP) is 2.93. The molecule has 4 nitrogen and oxygen atoms in total. The molecule has 0 aliphatic heterocycles. The lowest BCUT2D eigenvalue weighted by atomic mass is 10.1. The van der Waals surface area contributed by atoms with Crippen LogP contribution in [0.1, 0.15) is 24.1 Å². The van der Waals surface area contributed by atoms with Gasteiger partial charge >= 0.3 is 0 Å². The highest BCUT2D eigenvalue weighted by Crippen LogP contribution is 2.20. The van der Waals surface area contributed by atoms with E-state index in [1.807, 2.05) is 12.5 Å². The number of imidazole rings is 1. The largest absolute Gasteiger partial charge is 0.337 e. The SMILES string of the molecule is Cc1cc(-c2cn(CCCCN)cn2)cnc1CI. The Balaban J connectivity index is 2.11. The third kappa shape index (κ3) is 3.76. The fourth-order valence-corrected chi connectivity index (χ4v) is 2.75. The Morgan fingerprint density at radius 2 is 2.16 bits per heavy atom. The van der Waals surface area contributed by atoms with E-state index in [9.17, 15) is 0 Å². The molecule has 0 fully saturated rings. The smallest absolute Gasteiger partial charge is 0.0953 e. The normalized spacial score (nSPS) is 10.9. The van der Waals surface area contributed by atoms with E-state index >= 15 is 0 Å². The molecule has 102 valence electrons. The Bertz CT molecular complexity index is 536. The third-order valence-electron chi connectivity index (χ3n) is 3.11. The molecule has 0 bridgehead atoms. The van der Waals surface area contributed by atoms with E-state index in [1.54, 1.807) is 0 Å². The van der Waals surface area contributed by atoms with Gasteiger partial charge in [-0.1, -0.05) is 22.6 Å². The molecule has 0 amide bonds. The zero-order valence-electron chi connectivity index (χ0n) is 11.1. The molecule has 0 saturated heterocycles. The number of nitrogens with two attached hydrogens (primary N) is 1.